The number of hydrogen-bond donors (Lipinski definition) is 0. The zero-order chi connectivity index (χ0) is 20.0. The van der Waals surface area contributed by atoms with E-state index < -0.39 is 0 Å². The van der Waals surface area contributed by atoms with Crippen LogP contribution in [0, 0.1) is 16.7 Å². The van der Waals surface area contributed by atoms with Gasteiger partial charge in [-0.05, 0) is 55.5 Å². The first-order valence-corrected chi connectivity index (χ1v) is 10.9. The van der Waals surface area contributed by atoms with Crippen LogP contribution in [0.15, 0.2) is 21.9 Å². The molecule has 1 aliphatic carbocycles. The van der Waals surface area contributed by atoms with Crippen LogP contribution in [0.2, 0.25) is 0 Å². The van der Waals surface area contributed by atoms with Gasteiger partial charge in [0, 0.05) is 6.54 Å². The average molecular weight is 404 g/mol. The Morgan fingerprint density at radius 2 is 1.62 bits per heavy atom. The fourth-order valence-corrected chi connectivity index (χ4v) is 4.81. The molecule has 0 aromatic heterocycles. The van der Waals surface area contributed by atoms with Gasteiger partial charge in [-0.15, -0.1) is 0 Å². The SMILES string of the molecule is CCCN(CCC)CCOC1=C(Cl)CC(C(C)(C)CC(C)(C)C)C=C1Cl. The summed E-state index contributed by atoms with van der Waals surface area (Å²) in [5.74, 6) is 1.02. The molecule has 2 nitrogen and oxygen atoms in total. The van der Waals surface area contributed by atoms with Crippen molar-refractivity contribution in [3.63, 3.8) is 0 Å². The molecule has 0 spiro atoms. The van der Waals surface area contributed by atoms with Gasteiger partial charge in [-0.25, -0.2) is 0 Å². The van der Waals surface area contributed by atoms with Crippen molar-refractivity contribution in [3.05, 3.63) is 21.9 Å². The lowest BCUT2D eigenvalue weighted by atomic mass is 9.67. The second kappa shape index (κ2) is 10.4. The van der Waals surface area contributed by atoms with Gasteiger partial charge >= 0.3 is 0 Å². The molecule has 4 heteroatoms. The van der Waals surface area contributed by atoms with Crippen molar-refractivity contribution in [3.8, 4) is 0 Å². The molecule has 0 saturated heterocycles. The summed E-state index contributed by atoms with van der Waals surface area (Å²) in [5, 5.41) is 1.44. The monoisotopic (exact) mass is 403 g/mol. The van der Waals surface area contributed by atoms with Gasteiger partial charge in [-0.3, -0.25) is 4.90 Å². The maximum atomic E-state index is 6.60. The number of nitrogens with zero attached hydrogens (tertiary/aromatic N) is 1. The highest BCUT2D eigenvalue weighted by atomic mass is 35.5. The maximum absolute atomic E-state index is 6.60. The Hall–Kier alpha value is -0.180. The normalized spacial score (nSPS) is 19.2. The molecule has 0 N–H and O–H groups in total. The van der Waals surface area contributed by atoms with Crippen LogP contribution >= 0.6 is 23.2 Å². The summed E-state index contributed by atoms with van der Waals surface area (Å²) in [6, 6.07) is 0. The van der Waals surface area contributed by atoms with E-state index in [0.717, 1.165) is 50.3 Å². The Kier molecular flexibility index (Phi) is 9.53. The molecule has 0 aliphatic heterocycles. The minimum absolute atomic E-state index is 0.142. The van der Waals surface area contributed by atoms with Crippen molar-refractivity contribution in [2.75, 3.05) is 26.2 Å². The van der Waals surface area contributed by atoms with Crippen LogP contribution < -0.4 is 0 Å². The van der Waals surface area contributed by atoms with Crippen molar-refractivity contribution in [2.24, 2.45) is 16.7 Å². The maximum Gasteiger partial charge on any atom is 0.152 e. The number of halogens is 2. The van der Waals surface area contributed by atoms with Crippen LogP contribution in [0.3, 0.4) is 0 Å². The third kappa shape index (κ3) is 7.82. The Balaban J connectivity index is 2.69. The van der Waals surface area contributed by atoms with Gasteiger partial charge < -0.3 is 4.74 Å². The van der Waals surface area contributed by atoms with Crippen molar-refractivity contribution < 1.29 is 4.74 Å². The molecule has 0 amide bonds. The topological polar surface area (TPSA) is 12.5 Å². The first-order chi connectivity index (χ1) is 12.0. The lowest BCUT2D eigenvalue weighted by Crippen LogP contribution is -2.31. The summed E-state index contributed by atoms with van der Waals surface area (Å²) in [6.07, 6.45) is 6.41. The van der Waals surface area contributed by atoms with E-state index in [0.29, 0.717) is 23.3 Å². The average Bonchev–Trinajstić information content (AvgIpc) is 2.47. The van der Waals surface area contributed by atoms with E-state index in [1.54, 1.807) is 0 Å². The first-order valence-electron chi connectivity index (χ1n) is 10.1. The molecular formula is C22H39Cl2NO. The minimum atomic E-state index is 0.142. The molecule has 152 valence electrons. The van der Waals surface area contributed by atoms with Crippen molar-refractivity contribution in [1.29, 1.82) is 0 Å². The highest BCUT2D eigenvalue weighted by molar-refractivity contribution is 6.35. The van der Waals surface area contributed by atoms with Gasteiger partial charge in [0.1, 0.15) is 6.61 Å². The third-order valence-corrected chi connectivity index (χ3v) is 5.56. The van der Waals surface area contributed by atoms with E-state index in [1.807, 2.05) is 0 Å². The lowest BCUT2D eigenvalue weighted by molar-refractivity contribution is 0.144. The van der Waals surface area contributed by atoms with Crippen molar-refractivity contribution in [1.82, 2.24) is 4.90 Å². The summed E-state index contributed by atoms with van der Waals surface area (Å²) < 4.78 is 6.00. The molecule has 0 radical (unpaired) electrons. The highest BCUT2D eigenvalue weighted by Gasteiger charge is 2.35. The summed E-state index contributed by atoms with van der Waals surface area (Å²) >= 11 is 13.2. The fourth-order valence-electron chi connectivity index (χ4n) is 4.12. The van der Waals surface area contributed by atoms with E-state index >= 15 is 0 Å². The van der Waals surface area contributed by atoms with Gasteiger partial charge in [0.05, 0.1) is 10.1 Å². The minimum Gasteiger partial charge on any atom is -0.489 e. The fraction of sp³-hybridized carbons (Fsp3) is 0.818. The van der Waals surface area contributed by atoms with Crippen LogP contribution in [0.1, 0.15) is 74.1 Å². The molecule has 0 heterocycles. The lowest BCUT2D eigenvalue weighted by Gasteiger charge is -2.39. The summed E-state index contributed by atoms with van der Waals surface area (Å²) in [7, 11) is 0. The second-order valence-corrected chi connectivity index (χ2v) is 10.3. The summed E-state index contributed by atoms with van der Waals surface area (Å²) in [5.41, 5.74) is 0.419. The van der Waals surface area contributed by atoms with Crippen LogP contribution in [0.4, 0.5) is 0 Å². The van der Waals surface area contributed by atoms with Crippen LogP contribution in [-0.4, -0.2) is 31.1 Å². The molecule has 1 rings (SSSR count). The smallest absolute Gasteiger partial charge is 0.152 e. The molecule has 0 fully saturated rings. The number of allylic oxidation sites excluding steroid dienone is 3. The zero-order valence-electron chi connectivity index (χ0n) is 17.9. The summed E-state index contributed by atoms with van der Waals surface area (Å²) in [4.78, 5) is 2.43. The van der Waals surface area contributed by atoms with E-state index in [9.17, 15) is 0 Å². The van der Waals surface area contributed by atoms with E-state index in [2.05, 4.69) is 59.4 Å². The van der Waals surface area contributed by atoms with Gasteiger partial charge in [-0.1, -0.05) is 77.7 Å². The quantitative estimate of drug-likeness (QED) is 0.382. The standard InChI is InChI=1S/C22H39Cl2NO/c1-8-10-25(11-9-2)12-13-26-20-18(23)14-17(15-19(20)24)22(6,7)16-21(3,4)5/h14,17H,8-13,15-16H2,1-7H3. The van der Waals surface area contributed by atoms with Gasteiger partial charge in [0.2, 0.25) is 0 Å². The molecule has 1 unspecified atom stereocenters. The van der Waals surface area contributed by atoms with Crippen LogP contribution in [-0.2, 0) is 4.74 Å². The van der Waals surface area contributed by atoms with Gasteiger partial charge in [-0.2, -0.15) is 0 Å². The highest BCUT2D eigenvalue weighted by Crippen LogP contribution is 2.46. The first kappa shape index (κ1) is 23.9. The van der Waals surface area contributed by atoms with E-state index in [-0.39, 0.29) is 10.8 Å². The largest absolute Gasteiger partial charge is 0.489 e. The predicted octanol–water partition coefficient (Wildman–Crippen LogP) is 7.18. The van der Waals surface area contributed by atoms with E-state index in [1.165, 1.54) is 0 Å². The third-order valence-electron chi connectivity index (χ3n) is 4.93. The van der Waals surface area contributed by atoms with Gasteiger partial charge in [0.25, 0.3) is 0 Å². The Morgan fingerprint density at radius 1 is 1.04 bits per heavy atom. The molecule has 0 saturated carbocycles. The molecule has 26 heavy (non-hydrogen) atoms. The van der Waals surface area contributed by atoms with E-state index in [4.69, 9.17) is 27.9 Å². The molecule has 1 aliphatic rings. The zero-order valence-corrected chi connectivity index (χ0v) is 19.4. The Bertz CT molecular complexity index is 497. The van der Waals surface area contributed by atoms with Crippen LogP contribution in [0.5, 0.6) is 0 Å². The molecule has 0 bridgehead atoms. The number of rotatable bonds is 10. The Morgan fingerprint density at radius 3 is 2.08 bits per heavy atom. The van der Waals surface area contributed by atoms with Crippen molar-refractivity contribution in [2.45, 2.75) is 74.1 Å². The number of ether oxygens (including phenoxy) is 1. The van der Waals surface area contributed by atoms with Crippen LogP contribution in [0.25, 0.3) is 0 Å². The Labute approximate surface area is 171 Å². The summed E-state index contributed by atoms with van der Waals surface area (Å²) in [6.45, 7) is 19.7. The van der Waals surface area contributed by atoms with Crippen molar-refractivity contribution >= 4 is 23.2 Å². The molecule has 1 atom stereocenters. The van der Waals surface area contributed by atoms with Gasteiger partial charge in [0.15, 0.2) is 5.76 Å². The predicted molar refractivity (Wildman–Crippen MR) is 116 cm³/mol. The molecular weight excluding hydrogens is 365 g/mol. The number of hydrogen-bond acceptors (Lipinski definition) is 2. The second-order valence-electron chi connectivity index (χ2n) is 9.48. The molecule has 0 aromatic carbocycles. The molecule has 0 aromatic rings.